The highest BCUT2D eigenvalue weighted by molar-refractivity contribution is 4.82. The van der Waals surface area contributed by atoms with Crippen LogP contribution in [0.4, 0.5) is 0 Å². The van der Waals surface area contributed by atoms with E-state index in [2.05, 4.69) is 32.7 Å². The summed E-state index contributed by atoms with van der Waals surface area (Å²) < 4.78 is 0. The molecule has 0 atom stereocenters. The molecule has 0 radical (unpaired) electrons. The van der Waals surface area contributed by atoms with Crippen LogP contribution in [0.15, 0.2) is 25.8 Å². The van der Waals surface area contributed by atoms with Gasteiger partial charge in [-0.25, -0.2) is 0 Å². The van der Waals surface area contributed by atoms with Crippen LogP contribution in [0.3, 0.4) is 0 Å². The molecule has 0 aromatic rings. The van der Waals surface area contributed by atoms with E-state index in [1.54, 1.807) is 0 Å². The predicted molar refractivity (Wildman–Crippen MR) is 63.9 cm³/mol. The van der Waals surface area contributed by atoms with Crippen molar-refractivity contribution < 1.29 is 0 Å². The Morgan fingerprint density at radius 3 is 1.69 bits per heavy atom. The third kappa shape index (κ3) is 7.83. The third-order valence-corrected chi connectivity index (χ3v) is 2.39. The van der Waals surface area contributed by atoms with Crippen LogP contribution in [0.25, 0.3) is 0 Å². The molecule has 0 saturated heterocycles. The molecule has 1 saturated carbocycles. The summed E-state index contributed by atoms with van der Waals surface area (Å²) in [7, 11) is 0. The van der Waals surface area contributed by atoms with Crippen LogP contribution >= 0.6 is 0 Å². The van der Waals surface area contributed by atoms with Crippen molar-refractivity contribution in [3.63, 3.8) is 0 Å². The SMILES string of the molecule is C=C.C=CC1CCC(C)CC1.CC. The molecule has 1 aliphatic rings. The lowest BCUT2D eigenvalue weighted by molar-refractivity contribution is 0.331. The zero-order valence-electron chi connectivity index (χ0n) is 9.68. The fourth-order valence-corrected chi connectivity index (χ4v) is 1.52. The van der Waals surface area contributed by atoms with Crippen molar-refractivity contribution in [1.29, 1.82) is 0 Å². The zero-order valence-corrected chi connectivity index (χ0v) is 9.68. The Morgan fingerprint density at radius 1 is 1.00 bits per heavy atom. The second-order valence-corrected chi connectivity index (χ2v) is 3.26. The summed E-state index contributed by atoms with van der Waals surface area (Å²) in [4.78, 5) is 0. The van der Waals surface area contributed by atoms with Gasteiger partial charge in [0.05, 0.1) is 0 Å². The van der Waals surface area contributed by atoms with Gasteiger partial charge in [-0.05, 0) is 24.7 Å². The fraction of sp³-hybridized carbons (Fsp3) is 0.692. The first kappa shape index (κ1) is 15.0. The highest BCUT2D eigenvalue weighted by Crippen LogP contribution is 2.28. The summed E-state index contributed by atoms with van der Waals surface area (Å²) in [6, 6.07) is 0. The molecular formula is C13H26. The minimum atomic E-state index is 0.834. The Balaban J connectivity index is 0. The molecule has 1 rings (SSSR count). The van der Waals surface area contributed by atoms with Gasteiger partial charge in [0.1, 0.15) is 0 Å². The summed E-state index contributed by atoms with van der Waals surface area (Å²) in [5.74, 6) is 1.81. The maximum atomic E-state index is 3.81. The molecular weight excluding hydrogens is 156 g/mol. The Kier molecular flexibility index (Phi) is 13.2. The van der Waals surface area contributed by atoms with Crippen molar-refractivity contribution in [2.45, 2.75) is 46.5 Å². The molecule has 0 bridgehead atoms. The number of rotatable bonds is 1. The van der Waals surface area contributed by atoms with E-state index in [4.69, 9.17) is 0 Å². The number of allylic oxidation sites excluding steroid dienone is 1. The van der Waals surface area contributed by atoms with Crippen molar-refractivity contribution in [3.05, 3.63) is 25.8 Å². The van der Waals surface area contributed by atoms with Crippen LogP contribution in [0.5, 0.6) is 0 Å². The summed E-state index contributed by atoms with van der Waals surface area (Å²) in [6.45, 7) is 16.2. The molecule has 13 heavy (non-hydrogen) atoms. The molecule has 0 unspecified atom stereocenters. The van der Waals surface area contributed by atoms with Gasteiger partial charge >= 0.3 is 0 Å². The smallest absolute Gasteiger partial charge is 0.0236 e. The van der Waals surface area contributed by atoms with Gasteiger partial charge in [0, 0.05) is 0 Å². The molecule has 0 aliphatic heterocycles. The lowest BCUT2D eigenvalue weighted by atomic mass is 9.83. The topological polar surface area (TPSA) is 0 Å². The van der Waals surface area contributed by atoms with Gasteiger partial charge < -0.3 is 0 Å². The first-order valence-corrected chi connectivity index (χ1v) is 5.45. The van der Waals surface area contributed by atoms with Gasteiger partial charge in [-0.1, -0.05) is 39.7 Å². The van der Waals surface area contributed by atoms with Crippen LogP contribution in [-0.2, 0) is 0 Å². The normalized spacial score (nSPS) is 25.8. The van der Waals surface area contributed by atoms with Crippen LogP contribution < -0.4 is 0 Å². The lowest BCUT2D eigenvalue weighted by Gasteiger charge is -2.23. The molecule has 78 valence electrons. The zero-order chi connectivity index (χ0) is 10.7. The predicted octanol–water partition coefficient (Wildman–Crippen LogP) is 4.83. The number of hydrogen-bond donors (Lipinski definition) is 0. The molecule has 0 heteroatoms. The average molecular weight is 182 g/mol. The van der Waals surface area contributed by atoms with Crippen LogP contribution in [0.2, 0.25) is 0 Å². The van der Waals surface area contributed by atoms with Gasteiger partial charge in [0.15, 0.2) is 0 Å². The Hall–Kier alpha value is -0.520. The van der Waals surface area contributed by atoms with Gasteiger partial charge in [0.25, 0.3) is 0 Å². The molecule has 0 aromatic carbocycles. The highest BCUT2D eigenvalue weighted by atomic mass is 14.2. The average Bonchev–Trinajstić information content (AvgIpc) is 2.25. The molecule has 0 amide bonds. The monoisotopic (exact) mass is 182 g/mol. The van der Waals surface area contributed by atoms with E-state index in [1.165, 1.54) is 25.7 Å². The van der Waals surface area contributed by atoms with Gasteiger partial charge in [-0.3, -0.25) is 0 Å². The highest BCUT2D eigenvalue weighted by Gasteiger charge is 2.14. The first-order valence-electron chi connectivity index (χ1n) is 5.45. The van der Waals surface area contributed by atoms with Crippen molar-refractivity contribution in [3.8, 4) is 0 Å². The minimum Gasteiger partial charge on any atom is -0.106 e. The third-order valence-electron chi connectivity index (χ3n) is 2.39. The van der Waals surface area contributed by atoms with Crippen LogP contribution in [0, 0.1) is 11.8 Å². The Labute approximate surface area is 84.7 Å². The van der Waals surface area contributed by atoms with Crippen LogP contribution in [-0.4, -0.2) is 0 Å². The first-order chi connectivity index (χ1) is 6.33. The molecule has 0 spiro atoms. The van der Waals surface area contributed by atoms with E-state index in [1.807, 2.05) is 13.8 Å². The van der Waals surface area contributed by atoms with Gasteiger partial charge in [-0.2, -0.15) is 0 Å². The van der Waals surface area contributed by atoms with E-state index in [0.29, 0.717) is 0 Å². The van der Waals surface area contributed by atoms with Crippen molar-refractivity contribution in [2.75, 3.05) is 0 Å². The fourth-order valence-electron chi connectivity index (χ4n) is 1.52. The standard InChI is InChI=1S/C9H16.C2H6.C2H4/c1-3-9-6-4-8(2)5-7-9;2*1-2/h3,8-9H,1,4-7H2,2H3;1-2H3;1-2H2. The molecule has 1 fully saturated rings. The number of hydrogen-bond acceptors (Lipinski definition) is 0. The summed E-state index contributed by atoms with van der Waals surface area (Å²) in [6.07, 6.45) is 7.70. The second kappa shape index (κ2) is 11.5. The summed E-state index contributed by atoms with van der Waals surface area (Å²) in [5, 5.41) is 0. The summed E-state index contributed by atoms with van der Waals surface area (Å²) >= 11 is 0. The molecule has 0 N–H and O–H groups in total. The van der Waals surface area contributed by atoms with Gasteiger partial charge in [0.2, 0.25) is 0 Å². The van der Waals surface area contributed by atoms with Crippen LogP contribution in [0.1, 0.15) is 46.5 Å². The van der Waals surface area contributed by atoms with Crippen molar-refractivity contribution in [2.24, 2.45) is 11.8 Å². The van der Waals surface area contributed by atoms with E-state index < -0.39 is 0 Å². The van der Waals surface area contributed by atoms with E-state index in [0.717, 1.165) is 11.8 Å². The largest absolute Gasteiger partial charge is 0.106 e. The maximum Gasteiger partial charge on any atom is -0.0236 e. The molecule has 1 aliphatic carbocycles. The molecule has 0 heterocycles. The second-order valence-electron chi connectivity index (χ2n) is 3.26. The maximum absolute atomic E-state index is 3.81. The van der Waals surface area contributed by atoms with Crippen molar-refractivity contribution >= 4 is 0 Å². The minimum absolute atomic E-state index is 0.834. The van der Waals surface area contributed by atoms with E-state index >= 15 is 0 Å². The van der Waals surface area contributed by atoms with Crippen molar-refractivity contribution in [1.82, 2.24) is 0 Å². The van der Waals surface area contributed by atoms with Gasteiger partial charge in [-0.15, -0.1) is 19.7 Å². The summed E-state index contributed by atoms with van der Waals surface area (Å²) in [5.41, 5.74) is 0. The Bertz CT molecular complexity index is 96.6. The van der Waals surface area contributed by atoms with E-state index in [-0.39, 0.29) is 0 Å². The Morgan fingerprint density at radius 2 is 1.38 bits per heavy atom. The molecule has 0 aromatic heterocycles. The molecule has 0 nitrogen and oxygen atoms in total. The quantitative estimate of drug-likeness (QED) is 0.510. The van der Waals surface area contributed by atoms with E-state index in [9.17, 15) is 0 Å². The lowest BCUT2D eigenvalue weighted by Crippen LogP contribution is -2.09.